The van der Waals surface area contributed by atoms with Crippen LogP contribution in [0.4, 0.5) is 4.39 Å². The van der Waals surface area contributed by atoms with E-state index in [1.165, 1.54) is 12.1 Å². The van der Waals surface area contributed by atoms with Crippen molar-refractivity contribution in [2.45, 2.75) is 12.8 Å². The van der Waals surface area contributed by atoms with Crippen molar-refractivity contribution in [2.24, 2.45) is 11.7 Å². The number of nitrogens with two attached hydrogens (primary N) is 1. The molecular weight excluding hydrogens is 370 g/mol. The number of amides is 1. The fraction of sp³-hybridized carbons (Fsp3) is 0.462. The second-order valence-corrected chi connectivity index (χ2v) is 5.98. The van der Waals surface area contributed by atoms with Gasteiger partial charge in [0.25, 0.3) is 5.91 Å². The van der Waals surface area contributed by atoms with Crippen molar-refractivity contribution in [3.05, 3.63) is 33.0 Å². The predicted octanol–water partition coefficient (Wildman–Crippen LogP) is 3.47. The number of hydrogen-bond acceptors (Lipinski definition) is 2. The molecule has 0 spiro atoms. The molecule has 0 aromatic heterocycles. The number of likely N-dealkylation sites (tertiary alicyclic amines) is 1. The molecule has 1 amide bonds. The van der Waals surface area contributed by atoms with Crippen molar-refractivity contribution >= 4 is 45.8 Å². The normalized spacial score (nSPS) is 15.9. The van der Waals surface area contributed by atoms with Crippen molar-refractivity contribution in [3.8, 4) is 0 Å². The van der Waals surface area contributed by atoms with Crippen LogP contribution in [0.5, 0.6) is 0 Å². The van der Waals surface area contributed by atoms with Crippen molar-refractivity contribution in [1.29, 1.82) is 0 Å². The van der Waals surface area contributed by atoms with Gasteiger partial charge in [-0.3, -0.25) is 4.79 Å². The zero-order chi connectivity index (χ0) is 14.0. The SMILES string of the molecule is Cl.NCC1CCN(C(=O)c2cc(F)c(Br)cc2Cl)CC1. The summed E-state index contributed by atoms with van der Waals surface area (Å²) in [5.41, 5.74) is 5.83. The number of nitrogens with zero attached hydrogens (tertiary/aromatic N) is 1. The van der Waals surface area contributed by atoms with Gasteiger partial charge in [0, 0.05) is 13.1 Å². The first-order chi connectivity index (χ1) is 9.02. The quantitative estimate of drug-likeness (QED) is 0.792. The third-order valence-electron chi connectivity index (χ3n) is 3.48. The fourth-order valence-electron chi connectivity index (χ4n) is 2.23. The van der Waals surface area contributed by atoms with Gasteiger partial charge in [-0.15, -0.1) is 12.4 Å². The molecule has 0 radical (unpaired) electrons. The number of carbonyl (C=O) groups excluding carboxylic acids is 1. The second kappa shape index (κ2) is 7.59. The maximum absolute atomic E-state index is 13.5. The summed E-state index contributed by atoms with van der Waals surface area (Å²) in [7, 11) is 0. The molecule has 0 aliphatic carbocycles. The number of rotatable bonds is 2. The Kier molecular flexibility index (Phi) is 6.72. The smallest absolute Gasteiger partial charge is 0.255 e. The highest BCUT2D eigenvalue weighted by molar-refractivity contribution is 9.10. The molecule has 0 saturated carbocycles. The molecule has 20 heavy (non-hydrogen) atoms. The van der Waals surface area contributed by atoms with Gasteiger partial charge in [0.05, 0.1) is 15.1 Å². The summed E-state index contributed by atoms with van der Waals surface area (Å²) in [5.74, 6) is -0.224. The Balaban J connectivity index is 0.00000200. The Morgan fingerprint density at radius 1 is 1.45 bits per heavy atom. The van der Waals surface area contributed by atoms with Crippen molar-refractivity contribution in [2.75, 3.05) is 19.6 Å². The summed E-state index contributed by atoms with van der Waals surface area (Å²) in [5, 5.41) is 0.263. The number of benzene rings is 1. The van der Waals surface area contributed by atoms with Gasteiger partial charge in [0.1, 0.15) is 5.82 Å². The third kappa shape index (κ3) is 3.85. The lowest BCUT2D eigenvalue weighted by Crippen LogP contribution is -2.40. The Hall–Kier alpha value is -0.360. The largest absolute Gasteiger partial charge is 0.339 e. The summed E-state index contributed by atoms with van der Waals surface area (Å²) < 4.78 is 13.8. The zero-order valence-corrected chi connectivity index (χ0v) is 13.9. The van der Waals surface area contributed by atoms with Crippen LogP contribution < -0.4 is 5.73 Å². The van der Waals surface area contributed by atoms with Crippen LogP contribution in [0.25, 0.3) is 0 Å². The van der Waals surface area contributed by atoms with Crippen LogP contribution in [0.2, 0.25) is 5.02 Å². The number of hydrogen-bond donors (Lipinski definition) is 1. The third-order valence-corrected chi connectivity index (χ3v) is 4.40. The van der Waals surface area contributed by atoms with Gasteiger partial charge in [-0.1, -0.05) is 11.6 Å². The van der Waals surface area contributed by atoms with Crippen LogP contribution in [0.1, 0.15) is 23.2 Å². The first-order valence-electron chi connectivity index (χ1n) is 6.16. The zero-order valence-electron chi connectivity index (χ0n) is 10.7. The molecule has 1 fully saturated rings. The van der Waals surface area contributed by atoms with Gasteiger partial charge in [-0.05, 0) is 53.4 Å². The summed E-state index contributed by atoms with van der Waals surface area (Å²) in [6.07, 6.45) is 1.78. The highest BCUT2D eigenvalue weighted by atomic mass is 79.9. The van der Waals surface area contributed by atoms with Gasteiger partial charge in [0.2, 0.25) is 0 Å². The van der Waals surface area contributed by atoms with Crippen LogP contribution in [-0.4, -0.2) is 30.4 Å². The van der Waals surface area contributed by atoms with Crippen LogP contribution in [0.15, 0.2) is 16.6 Å². The number of halogens is 4. The first-order valence-corrected chi connectivity index (χ1v) is 7.34. The van der Waals surface area contributed by atoms with Gasteiger partial charge in [0.15, 0.2) is 0 Å². The Morgan fingerprint density at radius 2 is 2.05 bits per heavy atom. The Labute approximate surface area is 137 Å². The summed E-state index contributed by atoms with van der Waals surface area (Å²) >= 11 is 9.05. The molecule has 7 heteroatoms. The molecule has 3 nitrogen and oxygen atoms in total. The van der Waals surface area contributed by atoms with E-state index >= 15 is 0 Å². The number of carbonyl (C=O) groups is 1. The number of piperidine rings is 1. The molecule has 0 atom stereocenters. The van der Waals surface area contributed by atoms with Gasteiger partial charge in [-0.25, -0.2) is 4.39 Å². The topological polar surface area (TPSA) is 46.3 Å². The maximum atomic E-state index is 13.5. The van der Waals surface area contributed by atoms with Crippen LogP contribution in [0.3, 0.4) is 0 Å². The molecule has 0 unspecified atom stereocenters. The summed E-state index contributed by atoms with van der Waals surface area (Å²) in [4.78, 5) is 14.0. The summed E-state index contributed by atoms with van der Waals surface area (Å²) in [6, 6.07) is 2.60. The summed E-state index contributed by atoms with van der Waals surface area (Å²) in [6.45, 7) is 1.94. The van der Waals surface area contributed by atoms with Gasteiger partial charge in [-0.2, -0.15) is 0 Å². The molecule has 1 aromatic carbocycles. The van der Waals surface area contributed by atoms with Crippen LogP contribution in [0, 0.1) is 11.7 Å². The van der Waals surface area contributed by atoms with E-state index in [1.807, 2.05) is 0 Å². The van der Waals surface area contributed by atoms with Crippen LogP contribution >= 0.6 is 39.9 Å². The van der Waals surface area contributed by atoms with E-state index < -0.39 is 5.82 Å². The molecule has 1 aliphatic rings. The van der Waals surface area contributed by atoms with Gasteiger partial charge < -0.3 is 10.6 Å². The Morgan fingerprint density at radius 3 is 2.60 bits per heavy atom. The highest BCUT2D eigenvalue weighted by Gasteiger charge is 2.25. The molecule has 1 saturated heterocycles. The van der Waals surface area contributed by atoms with Gasteiger partial charge >= 0.3 is 0 Å². The van der Waals surface area contributed by atoms with Crippen molar-refractivity contribution < 1.29 is 9.18 Å². The minimum Gasteiger partial charge on any atom is -0.339 e. The lowest BCUT2D eigenvalue weighted by atomic mass is 9.96. The second-order valence-electron chi connectivity index (χ2n) is 4.72. The minimum absolute atomic E-state index is 0. The van der Waals surface area contributed by atoms with E-state index in [0.29, 0.717) is 25.6 Å². The van der Waals surface area contributed by atoms with Crippen LogP contribution in [-0.2, 0) is 0 Å². The van der Waals surface area contributed by atoms with Crippen molar-refractivity contribution in [3.63, 3.8) is 0 Å². The molecule has 112 valence electrons. The van der Waals surface area contributed by atoms with E-state index in [1.54, 1.807) is 4.90 Å². The lowest BCUT2D eigenvalue weighted by Gasteiger charge is -2.31. The Bertz CT molecular complexity index is 494. The average Bonchev–Trinajstić information content (AvgIpc) is 2.42. The average molecular weight is 386 g/mol. The highest BCUT2D eigenvalue weighted by Crippen LogP contribution is 2.27. The molecule has 2 N–H and O–H groups in total. The van der Waals surface area contributed by atoms with Crippen molar-refractivity contribution in [1.82, 2.24) is 4.90 Å². The molecule has 0 bridgehead atoms. The predicted molar refractivity (Wildman–Crippen MR) is 84.0 cm³/mol. The van der Waals surface area contributed by atoms with E-state index in [9.17, 15) is 9.18 Å². The molecular formula is C13H16BrCl2FN2O. The maximum Gasteiger partial charge on any atom is 0.255 e. The standard InChI is InChI=1S/C13H15BrClFN2O.ClH/c14-10-6-11(15)9(5-12(10)16)13(19)18-3-1-8(7-17)2-4-18;/h5-6,8H,1-4,7,17H2;1H. The minimum atomic E-state index is -0.482. The van der Waals surface area contributed by atoms with E-state index in [-0.39, 0.29) is 33.4 Å². The fourth-order valence-corrected chi connectivity index (χ4v) is 2.95. The molecule has 1 aliphatic heterocycles. The molecule has 1 heterocycles. The van der Waals surface area contributed by atoms with E-state index in [4.69, 9.17) is 17.3 Å². The first kappa shape index (κ1) is 17.7. The monoisotopic (exact) mass is 384 g/mol. The van der Waals surface area contributed by atoms with E-state index in [2.05, 4.69) is 15.9 Å². The molecule has 2 rings (SSSR count). The van der Waals surface area contributed by atoms with E-state index in [0.717, 1.165) is 12.8 Å². The lowest BCUT2D eigenvalue weighted by molar-refractivity contribution is 0.0693. The molecule has 1 aromatic rings.